The van der Waals surface area contributed by atoms with E-state index in [-0.39, 0.29) is 12.6 Å². The normalized spacial score (nSPS) is 11.6. The molecule has 2 rings (SSSR count). The first-order valence-corrected chi connectivity index (χ1v) is 5.60. The van der Waals surface area contributed by atoms with Crippen LogP contribution in [0.15, 0.2) is 30.5 Å². The van der Waals surface area contributed by atoms with E-state index in [0.29, 0.717) is 0 Å². The van der Waals surface area contributed by atoms with Crippen molar-refractivity contribution >= 4 is 10.9 Å². The average molecular weight is 239 g/mol. The summed E-state index contributed by atoms with van der Waals surface area (Å²) in [5.41, 5.74) is 0.807. The number of halogens is 2. The molecule has 0 saturated carbocycles. The molecule has 1 heterocycles. The lowest BCUT2D eigenvalue weighted by Gasteiger charge is -2.10. The maximum absolute atomic E-state index is 12.3. The summed E-state index contributed by atoms with van der Waals surface area (Å²) in [4.78, 5) is 0. The molecule has 1 aromatic carbocycles. The Labute approximate surface area is 98.8 Å². The van der Waals surface area contributed by atoms with E-state index in [1.165, 1.54) is 0 Å². The second-order valence-corrected chi connectivity index (χ2v) is 4.25. The molecule has 0 atom stereocenters. The van der Waals surface area contributed by atoms with Crippen LogP contribution >= 0.6 is 0 Å². The molecule has 0 aliphatic heterocycles. The maximum Gasteiger partial charge on any atom is 0.256 e. The van der Waals surface area contributed by atoms with Gasteiger partial charge in [-0.15, -0.1) is 0 Å². The highest BCUT2D eigenvalue weighted by atomic mass is 19.3. The first-order valence-electron chi connectivity index (χ1n) is 5.60. The molecule has 0 unspecified atom stereocenters. The van der Waals surface area contributed by atoms with E-state index < -0.39 is 6.43 Å². The Bertz CT molecular complexity index is 505. The van der Waals surface area contributed by atoms with Crippen LogP contribution in [-0.2, 0) is 6.54 Å². The van der Waals surface area contributed by atoms with Crippen molar-refractivity contribution < 1.29 is 13.5 Å². The summed E-state index contributed by atoms with van der Waals surface area (Å²) in [6, 6.07) is 7.32. The SMILES string of the molecule is CC(C)Oc1ccc2c(ccn2CC(F)F)c1. The third-order valence-corrected chi connectivity index (χ3v) is 2.45. The molecule has 0 spiro atoms. The highest BCUT2D eigenvalue weighted by Gasteiger charge is 2.08. The van der Waals surface area contributed by atoms with Gasteiger partial charge in [0.1, 0.15) is 5.75 Å². The van der Waals surface area contributed by atoms with E-state index >= 15 is 0 Å². The van der Waals surface area contributed by atoms with Gasteiger partial charge in [-0.3, -0.25) is 0 Å². The van der Waals surface area contributed by atoms with Gasteiger partial charge in [-0.1, -0.05) is 0 Å². The van der Waals surface area contributed by atoms with Crippen molar-refractivity contribution in [3.8, 4) is 5.75 Å². The number of rotatable bonds is 4. The number of hydrogen-bond acceptors (Lipinski definition) is 1. The lowest BCUT2D eigenvalue weighted by molar-refractivity contribution is 0.128. The predicted octanol–water partition coefficient (Wildman–Crippen LogP) is 3.69. The van der Waals surface area contributed by atoms with Crippen LogP contribution < -0.4 is 4.74 Å². The highest BCUT2D eigenvalue weighted by Crippen LogP contribution is 2.23. The molecule has 17 heavy (non-hydrogen) atoms. The lowest BCUT2D eigenvalue weighted by atomic mass is 10.2. The molecule has 1 aromatic heterocycles. The topological polar surface area (TPSA) is 14.2 Å². The second kappa shape index (κ2) is 4.73. The van der Waals surface area contributed by atoms with E-state index in [1.54, 1.807) is 10.8 Å². The number of nitrogens with zero attached hydrogens (tertiary/aromatic N) is 1. The summed E-state index contributed by atoms with van der Waals surface area (Å²) < 4.78 is 31.8. The molecule has 4 heteroatoms. The zero-order valence-electron chi connectivity index (χ0n) is 9.86. The van der Waals surface area contributed by atoms with Gasteiger partial charge >= 0.3 is 0 Å². The largest absolute Gasteiger partial charge is 0.491 e. The van der Waals surface area contributed by atoms with Crippen LogP contribution in [0, 0.1) is 0 Å². The molecule has 0 amide bonds. The third-order valence-electron chi connectivity index (χ3n) is 2.45. The van der Waals surface area contributed by atoms with Gasteiger partial charge in [-0.05, 0) is 38.1 Å². The molecule has 0 fully saturated rings. The monoisotopic (exact) mass is 239 g/mol. The van der Waals surface area contributed by atoms with E-state index in [4.69, 9.17) is 4.74 Å². The Morgan fingerprint density at radius 3 is 2.65 bits per heavy atom. The fourth-order valence-electron chi connectivity index (χ4n) is 1.83. The Morgan fingerprint density at radius 1 is 1.24 bits per heavy atom. The quantitative estimate of drug-likeness (QED) is 0.793. The van der Waals surface area contributed by atoms with Crippen LogP contribution in [0.2, 0.25) is 0 Å². The number of alkyl halides is 2. The van der Waals surface area contributed by atoms with Gasteiger partial charge in [0.05, 0.1) is 12.6 Å². The Hall–Kier alpha value is -1.58. The first-order chi connectivity index (χ1) is 8.06. The molecule has 0 N–H and O–H groups in total. The van der Waals surface area contributed by atoms with E-state index in [1.807, 2.05) is 38.1 Å². The smallest absolute Gasteiger partial charge is 0.256 e. The van der Waals surface area contributed by atoms with Crippen molar-refractivity contribution in [2.45, 2.75) is 32.9 Å². The van der Waals surface area contributed by atoms with Gasteiger partial charge in [-0.2, -0.15) is 0 Å². The number of aromatic nitrogens is 1. The highest BCUT2D eigenvalue weighted by molar-refractivity contribution is 5.81. The molecule has 0 aliphatic carbocycles. The third kappa shape index (κ3) is 2.75. The minimum atomic E-state index is -2.34. The molecule has 0 radical (unpaired) electrons. The molecular formula is C13H15F2NO. The Morgan fingerprint density at radius 2 is 2.00 bits per heavy atom. The van der Waals surface area contributed by atoms with E-state index in [2.05, 4.69) is 0 Å². The maximum atomic E-state index is 12.3. The molecule has 2 aromatic rings. The number of benzene rings is 1. The minimum absolute atomic E-state index is 0.107. The Balaban J connectivity index is 2.31. The number of fused-ring (bicyclic) bond motifs is 1. The van der Waals surface area contributed by atoms with Crippen molar-refractivity contribution in [1.82, 2.24) is 4.57 Å². The van der Waals surface area contributed by atoms with Crippen LogP contribution in [-0.4, -0.2) is 17.1 Å². The van der Waals surface area contributed by atoms with Crippen LogP contribution in [0.25, 0.3) is 10.9 Å². The van der Waals surface area contributed by atoms with Gasteiger partial charge in [0.15, 0.2) is 0 Å². The standard InChI is InChI=1S/C13H15F2NO/c1-9(2)17-11-3-4-12-10(7-11)5-6-16(12)8-13(14)15/h3-7,9,13H,8H2,1-2H3. The van der Waals surface area contributed by atoms with Crippen LogP contribution in [0.1, 0.15) is 13.8 Å². The zero-order chi connectivity index (χ0) is 12.4. The summed E-state index contributed by atoms with van der Waals surface area (Å²) >= 11 is 0. The molecule has 0 bridgehead atoms. The van der Waals surface area contributed by atoms with Crippen LogP contribution in [0.4, 0.5) is 8.78 Å². The van der Waals surface area contributed by atoms with Crippen molar-refractivity contribution in [1.29, 1.82) is 0 Å². The number of ether oxygens (including phenoxy) is 1. The van der Waals surface area contributed by atoms with Gasteiger partial charge in [0.2, 0.25) is 0 Å². The predicted molar refractivity (Wildman–Crippen MR) is 63.7 cm³/mol. The van der Waals surface area contributed by atoms with Gasteiger partial charge in [0.25, 0.3) is 6.43 Å². The molecule has 0 saturated heterocycles. The first kappa shape index (κ1) is 11.9. The molecule has 0 aliphatic rings. The van der Waals surface area contributed by atoms with Gasteiger partial charge < -0.3 is 9.30 Å². The van der Waals surface area contributed by atoms with Crippen molar-refractivity contribution in [3.63, 3.8) is 0 Å². The fraction of sp³-hybridized carbons (Fsp3) is 0.385. The number of hydrogen-bond donors (Lipinski definition) is 0. The molecule has 2 nitrogen and oxygen atoms in total. The zero-order valence-corrected chi connectivity index (χ0v) is 9.86. The summed E-state index contributed by atoms with van der Waals surface area (Å²) in [6.45, 7) is 3.63. The van der Waals surface area contributed by atoms with Gasteiger partial charge in [0, 0.05) is 17.1 Å². The fourth-order valence-corrected chi connectivity index (χ4v) is 1.83. The van der Waals surface area contributed by atoms with Gasteiger partial charge in [-0.25, -0.2) is 8.78 Å². The van der Waals surface area contributed by atoms with Crippen molar-refractivity contribution in [2.75, 3.05) is 0 Å². The van der Waals surface area contributed by atoms with E-state index in [0.717, 1.165) is 16.7 Å². The molecule has 92 valence electrons. The molecular weight excluding hydrogens is 224 g/mol. The van der Waals surface area contributed by atoms with Crippen LogP contribution in [0.5, 0.6) is 5.75 Å². The van der Waals surface area contributed by atoms with E-state index in [9.17, 15) is 8.78 Å². The van der Waals surface area contributed by atoms with Crippen molar-refractivity contribution in [3.05, 3.63) is 30.5 Å². The Kier molecular flexibility index (Phi) is 3.31. The summed E-state index contributed by atoms with van der Waals surface area (Å²) in [6.07, 6.45) is -0.552. The second-order valence-electron chi connectivity index (χ2n) is 4.25. The summed E-state index contributed by atoms with van der Waals surface area (Å²) in [5.74, 6) is 0.766. The van der Waals surface area contributed by atoms with Crippen molar-refractivity contribution in [2.24, 2.45) is 0 Å². The summed E-state index contributed by atoms with van der Waals surface area (Å²) in [5, 5.41) is 0.920. The summed E-state index contributed by atoms with van der Waals surface area (Å²) in [7, 11) is 0. The van der Waals surface area contributed by atoms with Crippen LogP contribution in [0.3, 0.4) is 0 Å². The lowest BCUT2D eigenvalue weighted by Crippen LogP contribution is -2.06. The minimum Gasteiger partial charge on any atom is -0.491 e. The average Bonchev–Trinajstić information content (AvgIpc) is 2.59.